The number of hydrogen-bond donors (Lipinski definition) is 0. The molecule has 0 aliphatic heterocycles. The molecule has 106 valence electrons. The van der Waals surface area contributed by atoms with Gasteiger partial charge in [0.25, 0.3) is 0 Å². The van der Waals surface area contributed by atoms with E-state index in [1.807, 2.05) is 6.92 Å². The third-order valence-electron chi connectivity index (χ3n) is 3.00. The van der Waals surface area contributed by atoms with Crippen molar-refractivity contribution in [1.29, 1.82) is 0 Å². The lowest BCUT2D eigenvalue weighted by atomic mass is 10.2. The van der Waals surface area contributed by atoms with Gasteiger partial charge in [0.05, 0.1) is 0 Å². The Labute approximate surface area is 116 Å². The van der Waals surface area contributed by atoms with Crippen LogP contribution in [0.5, 0.6) is 0 Å². The van der Waals surface area contributed by atoms with E-state index >= 15 is 0 Å². The molecule has 0 aromatic carbocycles. The molecule has 0 rings (SSSR count). The van der Waals surface area contributed by atoms with Crippen molar-refractivity contribution < 1.29 is 4.43 Å². The summed E-state index contributed by atoms with van der Waals surface area (Å²) in [5.74, 6) is 4.83. The van der Waals surface area contributed by atoms with Crippen LogP contribution in [0.25, 0.3) is 0 Å². The first kappa shape index (κ1) is 17.7. The summed E-state index contributed by atoms with van der Waals surface area (Å²) in [5, 5.41) is 0. The predicted octanol–water partition coefficient (Wildman–Crippen LogP) is 4.94. The molecule has 1 atom stereocenters. The Morgan fingerprint density at radius 3 is 1.39 bits per heavy atom. The van der Waals surface area contributed by atoms with Crippen LogP contribution >= 0.6 is 0 Å². The Bertz CT molecular complexity index is 236. The summed E-state index contributed by atoms with van der Waals surface area (Å²) in [5.41, 5.74) is 0. The maximum absolute atomic E-state index is 6.42. The minimum atomic E-state index is -1.71. The van der Waals surface area contributed by atoms with Crippen molar-refractivity contribution in [2.24, 2.45) is 17.8 Å². The molecule has 1 nitrogen and oxygen atoms in total. The smallest absolute Gasteiger partial charge is 0.195 e. The maximum Gasteiger partial charge on any atom is 0.195 e. The first-order chi connectivity index (χ1) is 8.20. The highest BCUT2D eigenvalue weighted by atomic mass is 28.4. The molecule has 0 aromatic heterocycles. The summed E-state index contributed by atoms with van der Waals surface area (Å²) in [7, 11) is -1.71. The summed E-state index contributed by atoms with van der Waals surface area (Å²) in [6.07, 6.45) is 5.48. The van der Waals surface area contributed by atoms with Gasteiger partial charge in [-0.2, -0.15) is 0 Å². The van der Waals surface area contributed by atoms with Gasteiger partial charge in [0.1, 0.15) is 6.10 Å². The normalized spacial score (nSPS) is 14.3. The zero-order chi connectivity index (χ0) is 14.3. The highest BCUT2D eigenvalue weighted by Gasteiger charge is 2.38. The van der Waals surface area contributed by atoms with Gasteiger partial charge in [0.15, 0.2) is 8.32 Å². The summed E-state index contributed by atoms with van der Waals surface area (Å²) < 4.78 is 6.42. The van der Waals surface area contributed by atoms with Gasteiger partial charge in [-0.25, -0.2) is 0 Å². The zero-order valence-electron chi connectivity index (χ0n) is 13.4. The molecule has 0 amide bonds. The van der Waals surface area contributed by atoms with Gasteiger partial charge in [-0.15, -0.1) is 6.42 Å². The number of rotatable bonds is 8. The van der Waals surface area contributed by atoms with Crippen LogP contribution in [0.15, 0.2) is 0 Å². The van der Waals surface area contributed by atoms with Gasteiger partial charge in [-0.05, 0) is 42.8 Å². The average molecular weight is 269 g/mol. The fraction of sp³-hybridized carbons (Fsp3) is 0.875. The second-order valence-corrected chi connectivity index (χ2v) is 10.7. The maximum atomic E-state index is 6.42. The molecule has 0 saturated heterocycles. The second kappa shape index (κ2) is 8.02. The number of terminal acetylenes is 1. The highest BCUT2D eigenvalue weighted by Crippen LogP contribution is 2.34. The van der Waals surface area contributed by atoms with Crippen molar-refractivity contribution in [3.05, 3.63) is 0 Å². The van der Waals surface area contributed by atoms with Gasteiger partial charge >= 0.3 is 0 Å². The Kier molecular flexibility index (Phi) is 7.90. The predicted molar refractivity (Wildman–Crippen MR) is 84.1 cm³/mol. The Morgan fingerprint density at radius 2 is 1.17 bits per heavy atom. The lowest BCUT2D eigenvalue weighted by Crippen LogP contribution is -2.44. The fourth-order valence-corrected chi connectivity index (χ4v) is 9.11. The molecule has 18 heavy (non-hydrogen) atoms. The van der Waals surface area contributed by atoms with Crippen LogP contribution in [0.2, 0.25) is 18.1 Å². The third kappa shape index (κ3) is 7.23. The average Bonchev–Trinajstić information content (AvgIpc) is 2.12. The molecule has 0 radical (unpaired) electrons. The lowest BCUT2D eigenvalue weighted by molar-refractivity contribution is 0.249. The Balaban J connectivity index is 5.04. The quantitative estimate of drug-likeness (QED) is 0.447. The van der Waals surface area contributed by atoms with Gasteiger partial charge in [0, 0.05) is 0 Å². The molecule has 0 spiro atoms. The Morgan fingerprint density at radius 1 is 0.833 bits per heavy atom. The van der Waals surface area contributed by atoms with Crippen LogP contribution < -0.4 is 0 Å². The molecule has 1 unspecified atom stereocenters. The van der Waals surface area contributed by atoms with Crippen LogP contribution in [0.1, 0.15) is 48.5 Å². The topological polar surface area (TPSA) is 9.23 Å². The van der Waals surface area contributed by atoms with Crippen LogP contribution in [0.4, 0.5) is 0 Å². The zero-order valence-corrected chi connectivity index (χ0v) is 14.4. The van der Waals surface area contributed by atoms with Crippen LogP contribution in [-0.4, -0.2) is 14.4 Å². The van der Waals surface area contributed by atoms with E-state index in [0.717, 1.165) is 0 Å². The van der Waals surface area contributed by atoms with E-state index in [1.54, 1.807) is 0 Å². The van der Waals surface area contributed by atoms with Gasteiger partial charge < -0.3 is 4.43 Å². The van der Waals surface area contributed by atoms with Gasteiger partial charge in [-0.1, -0.05) is 47.5 Å². The fourth-order valence-electron chi connectivity index (χ4n) is 3.04. The second-order valence-electron chi connectivity index (χ2n) is 6.90. The SMILES string of the molecule is C#CC(C)O[Si](CC(C)C)(CC(C)C)CC(C)C. The van der Waals surface area contributed by atoms with E-state index in [0.29, 0.717) is 17.8 Å². The van der Waals surface area contributed by atoms with Crippen molar-refractivity contribution in [1.82, 2.24) is 0 Å². The highest BCUT2D eigenvalue weighted by molar-refractivity contribution is 6.74. The molecule has 0 saturated carbocycles. The molecule has 0 fully saturated rings. The molecule has 0 aliphatic carbocycles. The van der Waals surface area contributed by atoms with Crippen molar-refractivity contribution in [2.45, 2.75) is 72.7 Å². The van der Waals surface area contributed by atoms with Gasteiger partial charge in [0.2, 0.25) is 0 Å². The lowest BCUT2D eigenvalue weighted by Gasteiger charge is -2.37. The number of hydrogen-bond acceptors (Lipinski definition) is 1. The minimum Gasteiger partial charge on any atom is -0.404 e. The van der Waals surface area contributed by atoms with E-state index in [9.17, 15) is 0 Å². The van der Waals surface area contributed by atoms with E-state index in [2.05, 4.69) is 47.5 Å². The molecule has 2 heteroatoms. The first-order valence-electron chi connectivity index (χ1n) is 7.34. The molecule has 0 N–H and O–H groups in total. The summed E-state index contributed by atoms with van der Waals surface area (Å²) in [6.45, 7) is 15.8. The van der Waals surface area contributed by atoms with Crippen molar-refractivity contribution >= 4 is 8.32 Å². The van der Waals surface area contributed by atoms with E-state index in [-0.39, 0.29) is 6.10 Å². The molecular weight excluding hydrogens is 236 g/mol. The monoisotopic (exact) mass is 268 g/mol. The van der Waals surface area contributed by atoms with Crippen molar-refractivity contribution in [3.8, 4) is 12.3 Å². The molecule has 0 aliphatic rings. The Hall–Kier alpha value is -0.263. The third-order valence-corrected chi connectivity index (χ3v) is 8.54. The van der Waals surface area contributed by atoms with Crippen molar-refractivity contribution in [2.75, 3.05) is 0 Å². The van der Waals surface area contributed by atoms with E-state index in [4.69, 9.17) is 10.8 Å². The molecule has 0 heterocycles. The summed E-state index contributed by atoms with van der Waals surface area (Å²) in [4.78, 5) is 0. The van der Waals surface area contributed by atoms with E-state index in [1.165, 1.54) is 18.1 Å². The first-order valence-corrected chi connectivity index (χ1v) is 9.87. The molecular formula is C16H32OSi. The minimum absolute atomic E-state index is 0.0343. The van der Waals surface area contributed by atoms with Crippen LogP contribution in [-0.2, 0) is 4.43 Å². The van der Waals surface area contributed by atoms with Crippen LogP contribution in [0.3, 0.4) is 0 Å². The van der Waals surface area contributed by atoms with Crippen molar-refractivity contribution in [3.63, 3.8) is 0 Å². The largest absolute Gasteiger partial charge is 0.404 e. The van der Waals surface area contributed by atoms with Gasteiger partial charge in [-0.3, -0.25) is 0 Å². The summed E-state index contributed by atoms with van der Waals surface area (Å²) in [6, 6.07) is 3.69. The molecule has 0 aromatic rings. The standard InChI is InChI=1S/C16H32OSi/c1-9-16(8)17-18(10-13(2)3,11-14(4)5)12-15(6)7/h1,13-16H,10-12H2,2-8H3. The summed E-state index contributed by atoms with van der Waals surface area (Å²) >= 11 is 0. The van der Waals surface area contributed by atoms with Crippen LogP contribution in [0, 0.1) is 30.1 Å². The van der Waals surface area contributed by atoms with E-state index < -0.39 is 8.32 Å². The molecule has 0 bridgehead atoms.